The van der Waals surface area contributed by atoms with Crippen LogP contribution in [0.3, 0.4) is 0 Å². The van der Waals surface area contributed by atoms with Crippen molar-refractivity contribution in [2.75, 3.05) is 5.32 Å². The summed E-state index contributed by atoms with van der Waals surface area (Å²) in [5.41, 5.74) is 1.78. The molecule has 7 heteroatoms. The van der Waals surface area contributed by atoms with Crippen LogP contribution >= 0.6 is 0 Å². The predicted molar refractivity (Wildman–Crippen MR) is 68.1 cm³/mol. The summed E-state index contributed by atoms with van der Waals surface area (Å²) in [6.07, 6.45) is 5.53. The molecule has 0 spiro atoms. The quantitative estimate of drug-likeness (QED) is 0.839. The Balaban J connectivity index is 1.85. The summed E-state index contributed by atoms with van der Waals surface area (Å²) in [6, 6.07) is 0. The monoisotopic (exact) mass is 269 g/mol. The van der Waals surface area contributed by atoms with E-state index in [1.165, 1.54) is 4.68 Å². The Labute approximate surface area is 110 Å². The standard InChI is InChI=1S/C12H17F2N5/c1-2-3-18-8-11(6-17-18)15-4-10-5-16-19(7-10)9-12(13)14/h5-8,12,15H,2-4,9H2,1H3. The van der Waals surface area contributed by atoms with E-state index in [9.17, 15) is 8.78 Å². The summed E-state index contributed by atoms with van der Waals surface area (Å²) in [5.74, 6) is 0. The Hall–Kier alpha value is -1.92. The minimum Gasteiger partial charge on any atom is -0.378 e. The van der Waals surface area contributed by atoms with Gasteiger partial charge in [0.15, 0.2) is 0 Å². The van der Waals surface area contributed by atoms with Crippen LogP contribution < -0.4 is 5.32 Å². The lowest BCUT2D eigenvalue weighted by Gasteiger charge is -2.01. The molecule has 0 fully saturated rings. The van der Waals surface area contributed by atoms with Crippen LogP contribution in [0.4, 0.5) is 14.5 Å². The van der Waals surface area contributed by atoms with Crippen molar-refractivity contribution in [3.05, 3.63) is 30.4 Å². The Morgan fingerprint density at radius 2 is 2.00 bits per heavy atom. The van der Waals surface area contributed by atoms with Crippen LogP contribution in [0.2, 0.25) is 0 Å². The third kappa shape index (κ3) is 4.04. The van der Waals surface area contributed by atoms with Crippen molar-refractivity contribution >= 4 is 5.69 Å². The van der Waals surface area contributed by atoms with Gasteiger partial charge in [-0.2, -0.15) is 10.2 Å². The van der Waals surface area contributed by atoms with Gasteiger partial charge in [-0.15, -0.1) is 0 Å². The molecule has 0 saturated heterocycles. The van der Waals surface area contributed by atoms with E-state index >= 15 is 0 Å². The van der Waals surface area contributed by atoms with Crippen molar-refractivity contribution in [1.29, 1.82) is 0 Å². The lowest BCUT2D eigenvalue weighted by atomic mass is 10.3. The van der Waals surface area contributed by atoms with Crippen LogP contribution in [0.5, 0.6) is 0 Å². The van der Waals surface area contributed by atoms with Gasteiger partial charge in [-0.05, 0) is 6.42 Å². The third-order valence-corrected chi connectivity index (χ3v) is 2.59. The summed E-state index contributed by atoms with van der Waals surface area (Å²) in [5, 5.41) is 11.3. The van der Waals surface area contributed by atoms with Gasteiger partial charge in [0.1, 0.15) is 6.54 Å². The molecule has 0 bridgehead atoms. The molecule has 0 unspecified atom stereocenters. The van der Waals surface area contributed by atoms with E-state index in [0.717, 1.165) is 24.2 Å². The molecule has 0 atom stereocenters. The van der Waals surface area contributed by atoms with Gasteiger partial charge in [0.05, 0.1) is 18.1 Å². The van der Waals surface area contributed by atoms with Gasteiger partial charge in [0.25, 0.3) is 6.43 Å². The molecular weight excluding hydrogens is 252 g/mol. The van der Waals surface area contributed by atoms with Crippen molar-refractivity contribution in [3.63, 3.8) is 0 Å². The van der Waals surface area contributed by atoms with Crippen molar-refractivity contribution in [1.82, 2.24) is 19.6 Å². The molecular formula is C12H17F2N5. The predicted octanol–water partition coefficient (Wildman–Crippen LogP) is 2.37. The fourth-order valence-corrected chi connectivity index (χ4v) is 1.75. The van der Waals surface area contributed by atoms with Gasteiger partial charge in [0.2, 0.25) is 0 Å². The fourth-order valence-electron chi connectivity index (χ4n) is 1.75. The van der Waals surface area contributed by atoms with E-state index in [1.807, 2.05) is 10.9 Å². The van der Waals surface area contributed by atoms with E-state index in [-0.39, 0.29) is 6.54 Å². The number of aromatic nitrogens is 4. The van der Waals surface area contributed by atoms with Crippen LogP contribution in [-0.4, -0.2) is 26.0 Å². The molecule has 0 aromatic carbocycles. The van der Waals surface area contributed by atoms with E-state index in [2.05, 4.69) is 22.4 Å². The first-order valence-electron chi connectivity index (χ1n) is 6.23. The zero-order valence-electron chi connectivity index (χ0n) is 10.8. The van der Waals surface area contributed by atoms with Crippen molar-refractivity contribution in [3.8, 4) is 0 Å². The molecule has 0 aliphatic rings. The molecule has 5 nitrogen and oxygen atoms in total. The summed E-state index contributed by atoms with van der Waals surface area (Å²) >= 11 is 0. The van der Waals surface area contributed by atoms with E-state index in [4.69, 9.17) is 0 Å². The van der Waals surface area contributed by atoms with Gasteiger partial charge in [0, 0.05) is 31.0 Å². The lowest BCUT2D eigenvalue weighted by molar-refractivity contribution is 0.122. The SMILES string of the molecule is CCCn1cc(NCc2cnn(CC(F)F)c2)cn1. The second-order valence-corrected chi connectivity index (χ2v) is 4.31. The molecule has 104 valence electrons. The Kier molecular flexibility index (Phi) is 4.48. The third-order valence-electron chi connectivity index (χ3n) is 2.59. The maximum absolute atomic E-state index is 12.2. The largest absolute Gasteiger partial charge is 0.378 e. The molecule has 2 aromatic rings. The lowest BCUT2D eigenvalue weighted by Crippen LogP contribution is -2.06. The fraction of sp³-hybridized carbons (Fsp3) is 0.500. The highest BCUT2D eigenvalue weighted by Crippen LogP contribution is 2.08. The second kappa shape index (κ2) is 6.31. The van der Waals surface area contributed by atoms with E-state index in [1.54, 1.807) is 18.6 Å². The molecule has 0 aliphatic carbocycles. The van der Waals surface area contributed by atoms with Crippen LogP contribution in [0.25, 0.3) is 0 Å². The maximum Gasteiger partial charge on any atom is 0.257 e. The molecule has 0 amide bonds. The summed E-state index contributed by atoms with van der Waals surface area (Å²) in [4.78, 5) is 0. The summed E-state index contributed by atoms with van der Waals surface area (Å²) < 4.78 is 27.5. The zero-order valence-corrected chi connectivity index (χ0v) is 10.8. The smallest absolute Gasteiger partial charge is 0.257 e. The number of alkyl halides is 2. The highest BCUT2D eigenvalue weighted by atomic mass is 19.3. The molecule has 19 heavy (non-hydrogen) atoms. The second-order valence-electron chi connectivity index (χ2n) is 4.31. The van der Waals surface area contributed by atoms with Gasteiger partial charge >= 0.3 is 0 Å². The number of aryl methyl sites for hydroxylation is 1. The first-order valence-corrected chi connectivity index (χ1v) is 6.23. The first kappa shape index (κ1) is 13.5. The normalized spacial score (nSPS) is 11.2. The Morgan fingerprint density at radius 3 is 2.74 bits per heavy atom. The minimum atomic E-state index is -2.38. The molecule has 2 aromatic heterocycles. The molecule has 0 saturated carbocycles. The summed E-state index contributed by atoms with van der Waals surface area (Å²) in [7, 11) is 0. The van der Waals surface area contributed by atoms with Crippen molar-refractivity contribution in [2.24, 2.45) is 0 Å². The summed E-state index contributed by atoms with van der Waals surface area (Å²) in [6.45, 7) is 3.15. The number of anilines is 1. The van der Waals surface area contributed by atoms with Crippen LogP contribution in [0.1, 0.15) is 18.9 Å². The number of rotatable bonds is 7. The zero-order chi connectivity index (χ0) is 13.7. The van der Waals surface area contributed by atoms with Gasteiger partial charge in [-0.3, -0.25) is 9.36 Å². The minimum absolute atomic E-state index is 0.367. The number of hydrogen-bond acceptors (Lipinski definition) is 3. The van der Waals surface area contributed by atoms with Gasteiger partial charge in [-0.1, -0.05) is 6.92 Å². The van der Waals surface area contributed by atoms with Crippen LogP contribution in [-0.2, 0) is 19.6 Å². The number of hydrogen-bond donors (Lipinski definition) is 1. The number of nitrogens with zero attached hydrogens (tertiary/aromatic N) is 4. The highest BCUT2D eigenvalue weighted by molar-refractivity contribution is 5.38. The Morgan fingerprint density at radius 1 is 1.21 bits per heavy atom. The molecule has 2 rings (SSSR count). The van der Waals surface area contributed by atoms with Crippen LogP contribution in [0, 0.1) is 0 Å². The topological polar surface area (TPSA) is 47.7 Å². The van der Waals surface area contributed by atoms with Crippen molar-refractivity contribution in [2.45, 2.75) is 39.4 Å². The highest BCUT2D eigenvalue weighted by Gasteiger charge is 2.06. The molecule has 2 heterocycles. The molecule has 0 aliphatic heterocycles. The van der Waals surface area contributed by atoms with Crippen LogP contribution in [0.15, 0.2) is 24.8 Å². The van der Waals surface area contributed by atoms with E-state index in [0.29, 0.717) is 6.54 Å². The Bertz CT molecular complexity index is 506. The molecule has 0 radical (unpaired) electrons. The van der Waals surface area contributed by atoms with Gasteiger partial charge in [-0.25, -0.2) is 8.78 Å². The maximum atomic E-state index is 12.2. The first-order chi connectivity index (χ1) is 9.17. The number of halogens is 2. The average Bonchev–Trinajstić information content (AvgIpc) is 2.96. The number of nitrogens with one attached hydrogen (secondary N) is 1. The van der Waals surface area contributed by atoms with Crippen molar-refractivity contribution < 1.29 is 8.78 Å². The van der Waals surface area contributed by atoms with E-state index < -0.39 is 6.43 Å². The molecule has 1 N–H and O–H groups in total. The average molecular weight is 269 g/mol. The van der Waals surface area contributed by atoms with Gasteiger partial charge < -0.3 is 5.32 Å².